The van der Waals surface area contributed by atoms with Gasteiger partial charge in [-0.1, -0.05) is 30.3 Å². The van der Waals surface area contributed by atoms with Gasteiger partial charge in [-0.05, 0) is 12.5 Å². The van der Waals surface area contributed by atoms with Crippen molar-refractivity contribution in [3.05, 3.63) is 47.7 Å². The van der Waals surface area contributed by atoms with Crippen molar-refractivity contribution in [1.29, 1.82) is 0 Å². The van der Waals surface area contributed by atoms with Gasteiger partial charge in [0, 0.05) is 32.3 Å². The lowest BCUT2D eigenvalue weighted by atomic mass is 10.1. The summed E-state index contributed by atoms with van der Waals surface area (Å²) >= 11 is 0. The first kappa shape index (κ1) is 15.8. The highest BCUT2D eigenvalue weighted by Gasteiger charge is 2.17. The molecule has 116 valence electrons. The molecule has 2 aromatic rings. The van der Waals surface area contributed by atoms with Crippen LogP contribution in [-0.2, 0) is 11.2 Å². The van der Waals surface area contributed by atoms with Gasteiger partial charge >= 0.3 is 0 Å². The first-order chi connectivity index (χ1) is 10.5. The predicted molar refractivity (Wildman–Crippen MR) is 87.8 cm³/mol. The van der Waals surface area contributed by atoms with Gasteiger partial charge in [-0.25, -0.2) is 4.98 Å². The molecule has 2 rings (SSSR count). The largest absolute Gasteiger partial charge is 0.368 e. The van der Waals surface area contributed by atoms with Crippen molar-refractivity contribution in [3.63, 3.8) is 0 Å². The lowest BCUT2D eigenvalue weighted by Gasteiger charge is -2.18. The van der Waals surface area contributed by atoms with Gasteiger partial charge in [0.2, 0.25) is 11.9 Å². The molecule has 1 amide bonds. The highest BCUT2D eigenvalue weighted by Crippen LogP contribution is 2.14. The van der Waals surface area contributed by atoms with Crippen molar-refractivity contribution >= 4 is 17.7 Å². The first-order valence-electron chi connectivity index (χ1n) is 7.08. The number of carbonyl (C=O) groups excluding carboxylic acids is 1. The Balaban J connectivity index is 2.19. The molecular formula is C16H21N5O. The van der Waals surface area contributed by atoms with Crippen molar-refractivity contribution in [2.24, 2.45) is 5.73 Å². The van der Waals surface area contributed by atoms with E-state index in [1.165, 1.54) is 0 Å². The number of nitrogens with one attached hydrogen (secondary N) is 1. The number of carbonyl (C=O) groups is 1. The van der Waals surface area contributed by atoms with Crippen molar-refractivity contribution in [3.8, 4) is 0 Å². The van der Waals surface area contributed by atoms with Crippen LogP contribution in [0.3, 0.4) is 0 Å². The highest BCUT2D eigenvalue weighted by molar-refractivity contribution is 5.83. The van der Waals surface area contributed by atoms with E-state index < -0.39 is 11.9 Å². The molecule has 1 heterocycles. The fraction of sp³-hybridized carbons (Fsp3) is 0.312. The Kier molecular flexibility index (Phi) is 4.93. The second kappa shape index (κ2) is 6.89. The van der Waals surface area contributed by atoms with Crippen LogP contribution in [0.25, 0.3) is 0 Å². The van der Waals surface area contributed by atoms with E-state index in [2.05, 4.69) is 15.3 Å². The summed E-state index contributed by atoms with van der Waals surface area (Å²) in [5, 5.41) is 3.11. The van der Waals surface area contributed by atoms with Gasteiger partial charge in [0.25, 0.3) is 0 Å². The van der Waals surface area contributed by atoms with Gasteiger partial charge < -0.3 is 16.0 Å². The van der Waals surface area contributed by atoms with Crippen LogP contribution in [0, 0.1) is 6.92 Å². The smallest absolute Gasteiger partial charge is 0.240 e. The summed E-state index contributed by atoms with van der Waals surface area (Å²) in [5.41, 5.74) is 7.38. The zero-order chi connectivity index (χ0) is 16.1. The summed E-state index contributed by atoms with van der Waals surface area (Å²) in [5.74, 6) is 0.771. The molecule has 0 saturated carbocycles. The maximum atomic E-state index is 11.7. The van der Waals surface area contributed by atoms with Crippen molar-refractivity contribution in [2.75, 3.05) is 24.3 Å². The molecule has 0 aliphatic rings. The molecule has 0 fully saturated rings. The molecule has 1 aromatic carbocycles. The normalized spacial score (nSPS) is 11.8. The topological polar surface area (TPSA) is 84.1 Å². The number of nitrogens with two attached hydrogens (primary N) is 1. The van der Waals surface area contributed by atoms with Crippen LogP contribution >= 0.6 is 0 Å². The van der Waals surface area contributed by atoms with Gasteiger partial charge in [0.05, 0.1) is 0 Å². The molecule has 0 spiro atoms. The van der Waals surface area contributed by atoms with Gasteiger partial charge in [0.15, 0.2) is 0 Å². The maximum absolute atomic E-state index is 11.7. The average molecular weight is 299 g/mol. The fourth-order valence-corrected chi connectivity index (χ4v) is 2.08. The highest BCUT2D eigenvalue weighted by atomic mass is 16.1. The SMILES string of the molecule is Cc1cc(N[C@@H](Cc2ccccc2)C(N)=O)nc(N(C)C)n1. The van der Waals surface area contributed by atoms with Crippen LogP contribution in [-0.4, -0.2) is 36.0 Å². The van der Waals surface area contributed by atoms with Crippen molar-refractivity contribution in [1.82, 2.24) is 9.97 Å². The summed E-state index contributed by atoms with van der Waals surface area (Å²) in [4.78, 5) is 22.3. The Labute approximate surface area is 130 Å². The molecule has 22 heavy (non-hydrogen) atoms. The minimum Gasteiger partial charge on any atom is -0.368 e. The molecule has 6 nitrogen and oxygen atoms in total. The van der Waals surface area contributed by atoms with E-state index in [9.17, 15) is 4.79 Å². The third-order valence-corrected chi connectivity index (χ3v) is 3.19. The monoisotopic (exact) mass is 299 g/mol. The van der Waals surface area contributed by atoms with Crippen LogP contribution in [0.2, 0.25) is 0 Å². The molecule has 0 unspecified atom stereocenters. The van der Waals surface area contributed by atoms with E-state index in [1.54, 1.807) is 6.07 Å². The second-order valence-corrected chi connectivity index (χ2v) is 5.38. The van der Waals surface area contributed by atoms with E-state index in [0.717, 1.165) is 11.3 Å². The molecule has 1 aromatic heterocycles. The quantitative estimate of drug-likeness (QED) is 0.841. The summed E-state index contributed by atoms with van der Waals surface area (Å²) in [6.45, 7) is 1.89. The van der Waals surface area contributed by atoms with Gasteiger partial charge in [0.1, 0.15) is 11.9 Å². The molecule has 0 radical (unpaired) electrons. The summed E-state index contributed by atoms with van der Waals surface area (Å²) in [6.07, 6.45) is 0.510. The Bertz CT molecular complexity index is 642. The molecule has 3 N–H and O–H groups in total. The summed E-state index contributed by atoms with van der Waals surface area (Å²) < 4.78 is 0. The number of anilines is 2. The summed E-state index contributed by atoms with van der Waals surface area (Å²) in [6, 6.07) is 11.0. The van der Waals surface area contributed by atoms with Crippen molar-refractivity contribution < 1.29 is 4.79 Å². The minimum atomic E-state index is -0.522. The number of benzene rings is 1. The molecule has 6 heteroatoms. The van der Waals surface area contributed by atoms with Crippen LogP contribution in [0.1, 0.15) is 11.3 Å². The Hall–Kier alpha value is -2.63. The standard InChI is InChI=1S/C16H21N5O/c1-11-9-14(20-16(18-11)21(2)3)19-13(15(17)22)10-12-7-5-4-6-8-12/h4-9,13H,10H2,1-3H3,(H2,17,22)(H,18,19,20)/t13-/m0/s1. The molecule has 0 aliphatic heterocycles. The molecule has 0 saturated heterocycles. The lowest BCUT2D eigenvalue weighted by Crippen LogP contribution is -2.37. The van der Waals surface area contributed by atoms with Crippen LogP contribution in [0.5, 0.6) is 0 Å². The number of aryl methyl sites for hydroxylation is 1. The number of amides is 1. The zero-order valence-electron chi connectivity index (χ0n) is 13.1. The summed E-state index contributed by atoms with van der Waals surface area (Å²) in [7, 11) is 3.74. The Morgan fingerprint density at radius 1 is 1.27 bits per heavy atom. The number of hydrogen-bond donors (Lipinski definition) is 2. The van der Waals surface area contributed by atoms with E-state index in [0.29, 0.717) is 18.2 Å². The third kappa shape index (κ3) is 4.18. The molecule has 1 atom stereocenters. The third-order valence-electron chi connectivity index (χ3n) is 3.19. The molecule has 0 bridgehead atoms. The van der Waals surface area contributed by atoms with E-state index in [1.807, 2.05) is 56.3 Å². The fourth-order valence-electron chi connectivity index (χ4n) is 2.08. The average Bonchev–Trinajstić information content (AvgIpc) is 2.47. The number of primary amides is 1. The van der Waals surface area contributed by atoms with Crippen molar-refractivity contribution in [2.45, 2.75) is 19.4 Å². The van der Waals surface area contributed by atoms with E-state index in [4.69, 9.17) is 5.73 Å². The Morgan fingerprint density at radius 2 is 1.95 bits per heavy atom. The zero-order valence-corrected chi connectivity index (χ0v) is 13.1. The first-order valence-corrected chi connectivity index (χ1v) is 7.08. The Morgan fingerprint density at radius 3 is 2.55 bits per heavy atom. The van der Waals surface area contributed by atoms with Gasteiger partial charge in [-0.2, -0.15) is 4.98 Å². The van der Waals surface area contributed by atoms with Crippen LogP contribution in [0.4, 0.5) is 11.8 Å². The van der Waals surface area contributed by atoms with Crippen LogP contribution in [0.15, 0.2) is 36.4 Å². The van der Waals surface area contributed by atoms with E-state index in [-0.39, 0.29) is 0 Å². The van der Waals surface area contributed by atoms with Crippen LogP contribution < -0.4 is 16.0 Å². The minimum absolute atomic E-state index is 0.411. The number of rotatable bonds is 6. The van der Waals surface area contributed by atoms with Gasteiger partial charge in [-0.15, -0.1) is 0 Å². The number of aromatic nitrogens is 2. The van der Waals surface area contributed by atoms with Gasteiger partial charge in [-0.3, -0.25) is 4.79 Å². The molecule has 0 aliphatic carbocycles. The number of nitrogens with zero attached hydrogens (tertiary/aromatic N) is 3. The lowest BCUT2D eigenvalue weighted by molar-refractivity contribution is -0.118. The predicted octanol–water partition coefficient (Wildman–Crippen LogP) is 1.36. The maximum Gasteiger partial charge on any atom is 0.240 e. The second-order valence-electron chi connectivity index (χ2n) is 5.38. The van der Waals surface area contributed by atoms with E-state index >= 15 is 0 Å². The molecular weight excluding hydrogens is 278 g/mol. The number of hydrogen-bond acceptors (Lipinski definition) is 5.